The van der Waals surface area contributed by atoms with Gasteiger partial charge >= 0.3 is 5.97 Å². The molecule has 2 aromatic rings. The lowest BCUT2D eigenvalue weighted by Crippen LogP contribution is -2.46. The second-order valence-corrected chi connectivity index (χ2v) is 6.98. The van der Waals surface area contributed by atoms with E-state index in [0.717, 1.165) is 11.3 Å². The summed E-state index contributed by atoms with van der Waals surface area (Å²) in [4.78, 5) is 10.0. The number of hydrogen-bond acceptors (Lipinski definition) is 4. The van der Waals surface area contributed by atoms with Gasteiger partial charge in [0.1, 0.15) is 0 Å². The number of carboxylic acids is 1. The van der Waals surface area contributed by atoms with E-state index in [-0.39, 0.29) is 18.5 Å². The van der Waals surface area contributed by atoms with Gasteiger partial charge in [0.05, 0.1) is 33.5 Å². The second-order valence-electron chi connectivity index (χ2n) is 5.24. The van der Waals surface area contributed by atoms with Crippen LogP contribution in [0.2, 0.25) is 0 Å². The number of β-amino-alcohol motifs (C(OH)–C–C–N with tert-alkyl or cyclic N) is 1. The highest BCUT2D eigenvalue weighted by atomic mass is 32.2. The lowest BCUT2D eigenvalue weighted by molar-refractivity contribution is 0.0697. The minimum Gasteiger partial charge on any atom is -0.478 e. The Hall–Kier alpha value is -2.18. The SMILES string of the molecule is O=C(O)c1ccc(CC2(O)CNc3ccccc3S2=O)cc1. The van der Waals surface area contributed by atoms with Gasteiger partial charge in [-0.3, -0.25) is 4.21 Å². The maximum Gasteiger partial charge on any atom is 0.335 e. The van der Waals surface area contributed by atoms with Crippen molar-refractivity contribution in [1.29, 1.82) is 0 Å². The molecule has 6 heteroatoms. The van der Waals surface area contributed by atoms with Gasteiger partial charge in [0.25, 0.3) is 0 Å². The number of carboxylic acid groups (broad SMARTS) is 1. The molecule has 0 aliphatic carbocycles. The van der Waals surface area contributed by atoms with Gasteiger partial charge in [0.15, 0.2) is 4.93 Å². The van der Waals surface area contributed by atoms with Crippen molar-refractivity contribution in [2.45, 2.75) is 16.2 Å². The molecule has 5 nitrogen and oxygen atoms in total. The molecule has 0 radical (unpaired) electrons. The zero-order valence-electron chi connectivity index (χ0n) is 11.7. The van der Waals surface area contributed by atoms with E-state index in [2.05, 4.69) is 5.32 Å². The summed E-state index contributed by atoms with van der Waals surface area (Å²) in [5.74, 6) is -0.998. The van der Waals surface area contributed by atoms with Crippen molar-refractivity contribution >= 4 is 22.5 Å². The third kappa shape index (κ3) is 2.63. The van der Waals surface area contributed by atoms with Crippen molar-refractivity contribution < 1.29 is 19.2 Å². The predicted molar refractivity (Wildman–Crippen MR) is 83.4 cm³/mol. The summed E-state index contributed by atoms with van der Waals surface area (Å²) in [6, 6.07) is 13.4. The summed E-state index contributed by atoms with van der Waals surface area (Å²) in [6.07, 6.45) is 0.181. The van der Waals surface area contributed by atoms with Crippen LogP contribution in [0.15, 0.2) is 53.4 Å². The first kappa shape index (κ1) is 14.7. The molecule has 2 aromatic carbocycles. The molecule has 114 valence electrons. The normalized spacial score (nSPS) is 23.4. The first-order valence-corrected chi connectivity index (χ1v) is 7.94. The van der Waals surface area contributed by atoms with Crippen LogP contribution in [0.5, 0.6) is 0 Å². The third-order valence-corrected chi connectivity index (χ3v) is 5.40. The van der Waals surface area contributed by atoms with Crippen molar-refractivity contribution in [2.24, 2.45) is 0 Å². The molecule has 0 saturated heterocycles. The molecule has 1 heterocycles. The first-order chi connectivity index (χ1) is 10.5. The van der Waals surface area contributed by atoms with Gasteiger partial charge < -0.3 is 15.5 Å². The molecule has 1 aliphatic rings. The molecule has 0 spiro atoms. The van der Waals surface area contributed by atoms with Crippen LogP contribution in [0.4, 0.5) is 5.69 Å². The van der Waals surface area contributed by atoms with Gasteiger partial charge in [-0.1, -0.05) is 24.3 Å². The van der Waals surface area contributed by atoms with E-state index < -0.39 is 21.7 Å². The molecule has 22 heavy (non-hydrogen) atoms. The quantitative estimate of drug-likeness (QED) is 0.804. The van der Waals surface area contributed by atoms with Gasteiger partial charge in [0, 0.05) is 6.42 Å². The van der Waals surface area contributed by atoms with E-state index in [9.17, 15) is 14.1 Å². The fourth-order valence-electron chi connectivity index (χ4n) is 2.49. The summed E-state index contributed by atoms with van der Waals surface area (Å²) in [6.45, 7) is 0.178. The van der Waals surface area contributed by atoms with Crippen LogP contribution in [0.1, 0.15) is 15.9 Å². The number of rotatable bonds is 3. The molecule has 2 atom stereocenters. The van der Waals surface area contributed by atoms with Crippen LogP contribution >= 0.6 is 0 Å². The molecule has 2 unspecified atom stereocenters. The van der Waals surface area contributed by atoms with Crippen molar-refractivity contribution in [2.75, 3.05) is 11.9 Å². The Bertz CT molecular complexity index is 744. The molecular weight excluding hydrogens is 302 g/mol. The van der Waals surface area contributed by atoms with Crippen molar-refractivity contribution in [3.8, 4) is 0 Å². The highest BCUT2D eigenvalue weighted by Gasteiger charge is 2.39. The van der Waals surface area contributed by atoms with Crippen molar-refractivity contribution in [3.63, 3.8) is 0 Å². The van der Waals surface area contributed by atoms with Crippen molar-refractivity contribution in [1.82, 2.24) is 0 Å². The monoisotopic (exact) mass is 317 g/mol. The number of benzene rings is 2. The summed E-state index contributed by atoms with van der Waals surface area (Å²) in [5, 5.41) is 22.7. The summed E-state index contributed by atoms with van der Waals surface area (Å²) in [7, 11) is -1.56. The molecule has 0 fully saturated rings. The zero-order valence-corrected chi connectivity index (χ0v) is 12.5. The lowest BCUT2D eigenvalue weighted by Gasteiger charge is -2.33. The van der Waals surface area contributed by atoms with Crippen LogP contribution in [0, 0.1) is 0 Å². The average Bonchev–Trinajstić information content (AvgIpc) is 2.52. The minimum absolute atomic E-state index is 0.178. The number of aromatic carboxylic acids is 1. The molecule has 3 N–H and O–H groups in total. The van der Waals surface area contributed by atoms with E-state index >= 15 is 0 Å². The van der Waals surface area contributed by atoms with Crippen LogP contribution in [-0.2, 0) is 17.2 Å². The highest BCUT2D eigenvalue weighted by molar-refractivity contribution is 7.86. The zero-order chi connectivity index (χ0) is 15.7. The molecular formula is C16H15NO4S. The Labute approximate surface area is 130 Å². The van der Waals surface area contributed by atoms with Crippen LogP contribution in [0.25, 0.3) is 0 Å². The van der Waals surface area contributed by atoms with Gasteiger partial charge in [-0.2, -0.15) is 0 Å². The maximum atomic E-state index is 12.6. The molecule has 1 aliphatic heterocycles. The van der Waals surface area contributed by atoms with E-state index in [1.165, 1.54) is 12.1 Å². The fourth-order valence-corrected chi connectivity index (χ4v) is 3.94. The fraction of sp³-hybridized carbons (Fsp3) is 0.188. The summed E-state index contributed by atoms with van der Waals surface area (Å²) >= 11 is 0. The standard InChI is InChI=1S/C16H15NO4S/c18-15(19)12-7-5-11(6-8-12)9-16(20)10-17-13-3-1-2-4-14(13)22(16)21/h1-8,17,20H,9-10H2,(H,18,19). The predicted octanol–water partition coefficient (Wildman–Crippen LogP) is 1.85. The number of aliphatic hydroxyl groups is 1. The molecule has 0 bridgehead atoms. The molecule has 0 aromatic heterocycles. The van der Waals surface area contributed by atoms with E-state index in [1.807, 2.05) is 12.1 Å². The van der Waals surface area contributed by atoms with Gasteiger partial charge in [-0.25, -0.2) is 4.79 Å². The second kappa shape index (κ2) is 5.55. The number of hydrogen-bond donors (Lipinski definition) is 3. The van der Waals surface area contributed by atoms with Gasteiger partial charge in [-0.15, -0.1) is 0 Å². The Morgan fingerprint density at radius 2 is 1.86 bits per heavy atom. The lowest BCUT2D eigenvalue weighted by atomic mass is 10.0. The topological polar surface area (TPSA) is 86.6 Å². The van der Waals surface area contributed by atoms with Crippen molar-refractivity contribution in [3.05, 3.63) is 59.7 Å². The Morgan fingerprint density at radius 1 is 1.18 bits per heavy atom. The number of anilines is 1. The van der Waals surface area contributed by atoms with Gasteiger partial charge in [-0.05, 0) is 29.8 Å². The Morgan fingerprint density at radius 3 is 2.55 bits per heavy atom. The first-order valence-electron chi connectivity index (χ1n) is 6.79. The van der Waals surface area contributed by atoms with E-state index in [1.54, 1.807) is 24.3 Å². The largest absolute Gasteiger partial charge is 0.478 e. The summed E-state index contributed by atoms with van der Waals surface area (Å²) < 4.78 is 12.6. The third-order valence-electron chi connectivity index (χ3n) is 3.67. The van der Waals surface area contributed by atoms with Crippen LogP contribution in [-0.4, -0.2) is 31.9 Å². The van der Waals surface area contributed by atoms with E-state index in [4.69, 9.17) is 5.11 Å². The smallest absolute Gasteiger partial charge is 0.335 e. The number of carbonyl (C=O) groups is 1. The van der Waals surface area contributed by atoms with Crippen LogP contribution < -0.4 is 5.32 Å². The van der Waals surface area contributed by atoms with Gasteiger partial charge in [0.2, 0.25) is 0 Å². The number of nitrogens with one attached hydrogen (secondary N) is 1. The van der Waals surface area contributed by atoms with Crippen LogP contribution in [0.3, 0.4) is 0 Å². The summed E-state index contributed by atoms with van der Waals surface area (Å²) in [5.41, 5.74) is 1.69. The number of fused-ring (bicyclic) bond motifs is 1. The maximum absolute atomic E-state index is 12.6. The molecule has 3 rings (SSSR count). The Kier molecular flexibility index (Phi) is 3.72. The van der Waals surface area contributed by atoms with E-state index in [0.29, 0.717) is 4.90 Å². The molecule has 0 amide bonds. The number of para-hydroxylation sites is 1. The molecule has 0 saturated carbocycles. The Balaban J connectivity index is 1.86. The highest BCUT2D eigenvalue weighted by Crippen LogP contribution is 2.33. The minimum atomic E-state index is -1.56. The average molecular weight is 317 g/mol.